The van der Waals surface area contributed by atoms with Crippen LogP contribution in [0.25, 0.3) is 21.8 Å². The molecule has 0 atom stereocenters. The molecular weight excluding hydrogens is 428 g/mol. The minimum Gasteiger partial charge on any atom is -0.489 e. The summed E-state index contributed by atoms with van der Waals surface area (Å²) in [5, 5.41) is 2.54. The van der Waals surface area contributed by atoms with Gasteiger partial charge in [-0.3, -0.25) is 0 Å². The monoisotopic (exact) mass is 456 g/mol. The Morgan fingerprint density at radius 1 is 0.571 bits per heavy atom. The van der Waals surface area contributed by atoms with E-state index >= 15 is 0 Å². The summed E-state index contributed by atoms with van der Waals surface area (Å²) < 4.78 is 10.9. The van der Waals surface area contributed by atoms with Crippen LogP contribution in [0.1, 0.15) is 28.2 Å². The Bertz CT molecular complexity index is 1540. The summed E-state index contributed by atoms with van der Waals surface area (Å²) in [6.45, 7) is 0.537. The fourth-order valence-corrected chi connectivity index (χ4v) is 5.29. The lowest BCUT2D eigenvalue weighted by Crippen LogP contribution is -2.06. The number of benzene rings is 4. The van der Waals surface area contributed by atoms with Gasteiger partial charge < -0.3 is 13.9 Å². The van der Waals surface area contributed by atoms with Crippen LogP contribution in [0.15, 0.2) is 116 Å². The third kappa shape index (κ3) is 3.79. The maximum absolute atomic E-state index is 6.47. The van der Waals surface area contributed by atoms with Gasteiger partial charge in [0.05, 0.1) is 0 Å². The number of ether oxygens (including phenoxy) is 1. The standard InChI is InChI=1S/C32H28N2O/c1-33-20-27(24-14-6-9-17-29(24)33)32(28-21-34(2)30-18-10-7-15-25(28)30)26-16-8-11-19-31(26)35-22-23-12-4-3-5-13-23/h3-21,32H,22H2,1-2H3. The van der Waals surface area contributed by atoms with Crippen LogP contribution in [0.4, 0.5) is 0 Å². The lowest BCUT2D eigenvalue weighted by Gasteiger charge is -2.21. The first-order chi connectivity index (χ1) is 17.2. The average Bonchev–Trinajstić information content (AvgIpc) is 3.42. The molecule has 0 aliphatic heterocycles. The summed E-state index contributed by atoms with van der Waals surface area (Å²) in [5.74, 6) is 0.946. The minimum atomic E-state index is 0.0270. The van der Waals surface area contributed by atoms with Gasteiger partial charge in [0, 0.05) is 59.8 Å². The van der Waals surface area contributed by atoms with Gasteiger partial charge in [-0.2, -0.15) is 0 Å². The molecule has 0 N–H and O–H groups in total. The second-order valence-electron chi connectivity index (χ2n) is 9.17. The molecular formula is C32H28N2O. The van der Waals surface area contributed by atoms with E-state index in [-0.39, 0.29) is 5.92 Å². The van der Waals surface area contributed by atoms with E-state index in [9.17, 15) is 0 Å². The van der Waals surface area contributed by atoms with Crippen molar-refractivity contribution in [2.75, 3.05) is 0 Å². The number of rotatable bonds is 6. The average molecular weight is 457 g/mol. The van der Waals surface area contributed by atoms with Crippen LogP contribution in [-0.4, -0.2) is 9.13 Å². The Morgan fingerprint density at radius 2 is 1.09 bits per heavy atom. The third-order valence-corrected chi connectivity index (χ3v) is 6.94. The van der Waals surface area contributed by atoms with E-state index in [1.165, 1.54) is 38.5 Å². The Hall–Kier alpha value is -4.24. The number of hydrogen-bond acceptors (Lipinski definition) is 1. The lowest BCUT2D eigenvalue weighted by molar-refractivity contribution is 0.302. The molecule has 172 valence electrons. The first-order valence-electron chi connectivity index (χ1n) is 12.0. The van der Waals surface area contributed by atoms with Gasteiger partial charge in [0.2, 0.25) is 0 Å². The summed E-state index contributed by atoms with van der Waals surface area (Å²) in [7, 11) is 4.26. The zero-order chi connectivity index (χ0) is 23.8. The first-order valence-corrected chi connectivity index (χ1v) is 12.0. The van der Waals surface area contributed by atoms with Gasteiger partial charge in [0.25, 0.3) is 0 Å². The Balaban J connectivity index is 1.56. The second-order valence-corrected chi connectivity index (χ2v) is 9.17. The predicted molar refractivity (Wildman–Crippen MR) is 144 cm³/mol. The summed E-state index contributed by atoms with van der Waals surface area (Å²) >= 11 is 0. The van der Waals surface area contributed by atoms with Gasteiger partial charge >= 0.3 is 0 Å². The van der Waals surface area contributed by atoms with Gasteiger partial charge in [0.1, 0.15) is 12.4 Å². The highest BCUT2D eigenvalue weighted by Crippen LogP contribution is 2.43. The highest BCUT2D eigenvalue weighted by atomic mass is 16.5. The van der Waals surface area contributed by atoms with Crippen LogP contribution in [0.2, 0.25) is 0 Å². The smallest absolute Gasteiger partial charge is 0.123 e. The molecule has 3 heteroatoms. The molecule has 4 aromatic carbocycles. The number of nitrogens with zero attached hydrogens (tertiary/aromatic N) is 2. The largest absolute Gasteiger partial charge is 0.489 e. The zero-order valence-electron chi connectivity index (χ0n) is 20.1. The van der Waals surface area contributed by atoms with Crippen LogP contribution < -0.4 is 4.74 Å². The van der Waals surface area contributed by atoms with Gasteiger partial charge in [-0.05, 0) is 34.9 Å². The molecule has 2 heterocycles. The molecule has 0 aliphatic carbocycles. The molecule has 0 fully saturated rings. The van der Waals surface area contributed by atoms with E-state index < -0.39 is 0 Å². The highest BCUT2D eigenvalue weighted by molar-refractivity contribution is 5.90. The second kappa shape index (κ2) is 8.84. The lowest BCUT2D eigenvalue weighted by atomic mass is 9.84. The number of hydrogen-bond donors (Lipinski definition) is 0. The van der Waals surface area contributed by atoms with E-state index in [1.54, 1.807) is 0 Å². The van der Waals surface area contributed by atoms with Crippen molar-refractivity contribution in [2.24, 2.45) is 14.1 Å². The van der Waals surface area contributed by atoms with Crippen LogP contribution in [0, 0.1) is 0 Å². The van der Waals surface area contributed by atoms with Crippen LogP contribution in [0.5, 0.6) is 5.75 Å². The number of aromatic nitrogens is 2. The van der Waals surface area contributed by atoms with Crippen molar-refractivity contribution in [3.05, 3.63) is 138 Å². The van der Waals surface area contributed by atoms with Gasteiger partial charge in [0.15, 0.2) is 0 Å². The molecule has 0 amide bonds. The van der Waals surface area contributed by atoms with Gasteiger partial charge in [-0.1, -0.05) is 84.9 Å². The number of fused-ring (bicyclic) bond motifs is 2. The van der Waals surface area contributed by atoms with E-state index in [0.29, 0.717) is 6.61 Å². The summed E-state index contributed by atoms with van der Waals surface area (Å²) in [6.07, 6.45) is 4.57. The van der Waals surface area contributed by atoms with Crippen molar-refractivity contribution < 1.29 is 4.74 Å². The van der Waals surface area contributed by atoms with E-state index in [0.717, 1.165) is 11.3 Å². The maximum Gasteiger partial charge on any atom is 0.123 e. The topological polar surface area (TPSA) is 19.1 Å². The minimum absolute atomic E-state index is 0.0270. The highest BCUT2D eigenvalue weighted by Gasteiger charge is 2.27. The molecule has 0 aliphatic rings. The molecule has 0 radical (unpaired) electrons. The SMILES string of the molecule is Cn1cc(C(c2ccccc2OCc2ccccc2)c2cn(C)c3ccccc23)c2ccccc21. The zero-order valence-corrected chi connectivity index (χ0v) is 20.1. The summed E-state index contributed by atoms with van der Waals surface area (Å²) in [6, 6.07) is 36.2. The van der Waals surface area contributed by atoms with Crippen molar-refractivity contribution in [3.8, 4) is 5.75 Å². The van der Waals surface area contributed by atoms with Gasteiger partial charge in [-0.25, -0.2) is 0 Å². The van der Waals surface area contributed by atoms with Gasteiger partial charge in [-0.15, -0.1) is 0 Å². The normalized spacial score (nSPS) is 11.5. The predicted octanol–water partition coefficient (Wildman–Crippen LogP) is 7.43. The number of aryl methyl sites for hydroxylation is 2. The quantitative estimate of drug-likeness (QED) is 0.255. The Morgan fingerprint density at radius 3 is 1.71 bits per heavy atom. The molecule has 3 nitrogen and oxygen atoms in total. The summed E-state index contributed by atoms with van der Waals surface area (Å²) in [5.41, 5.74) is 7.38. The third-order valence-electron chi connectivity index (χ3n) is 6.94. The van der Waals surface area contributed by atoms with Crippen molar-refractivity contribution in [1.82, 2.24) is 9.13 Å². The maximum atomic E-state index is 6.47. The van der Waals surface area contributed by atoms with Crippen molar-refractivity contribution in [2.45, 2.75) is 12.5 Å². The molecule has 0 bridgehead atoms. The Kier molecular flexibility index (Phi) is 5.38. The molecule has 0 saturated heterocycles. The van der Waals surface area contributed by atoms with Crippen molar-refractivity contribution in [3.63, 3.8) is 0 Å². The molecule has 0 saturated carbocycles. The van der Waals surface area contributed by atoms with Crippen LogP contribution in [0.3, 0.4) is 0 Å². The van der Waals surface area contributed by atoms with Crippen LogP contribution in [-0.2, 0) is 20.7 Å². The molecule has 6 rings (SSSR count). The van der Waals surface area contributed by atoms with Crippen LogP contribution >= 0.6 is 0 Å². The fraction of sp³-hybridized carbons (Fsp3) is 0.125. The molecule has 0 spiro atoms. The first kappa shape index (κ1) is 21.3. The fourth-order valence-electron chi connectivity index (χ4n) is 5.29. The summed E-state index contributed by atoms with van der Waals surface area (Å²) in [4.78, 5) is 0. The molecule has 2 aromatic heterocycles. The number of para-hydroxylation sites is 3. The van der Waals surface area contributed by atoms with E-state index in [4.69, 9.17) is 4.74 Å². The van der Waals surface area contributed by atoms with E-state index in [1.807, 2.05) is 6.07 Å². The molecule has 0 unspecified atom stereocenters. The molecule has 6 aromatic rings. The van der Waals surface area contributed by atoms with E-state index in [2.05, 4.69) is 133 Å². The Labute approximate surface area is 205 Å². The van der Waals surface area contributed by atoms with Crippen molar-refractivity contribution >= 4 is 21.8 Å². The molecule has 35 heavy (non-hydrogen) atoms. The van der Waals surface area contributed by atoms with Crippen molar-refractivity contribution in [1.29, 1.82) is 0 Å².